The summed E-state index contributed by atoms with van der Waals surface area (Å²) in [5.41, 5.74) is 5.29. The Balaban J connectivity index is 0.000000146. The Morgan fingerprint density at radius 2 is 1.73 bits per heavy atom. The van der Waals surface area contributed by atoms with Crippen molar-refractivity contribution in [2.24, 2.45) is 5.92 Å². The minimum absolute atomic E-state index is 0.0356. The van der Waals surface area contributed by atoms with E-state index < -0.39 is 0 Å². The van der Waals surface area contributed by atoms with Crippen molar-refractivity contribution in [2.75, 3.05) is 33.8 Å². The van der Waals surface area contributed by atoms with Crippen LogP contribution in [0.1, 0.15) is 47.2 Å². The summed E-state index contributed by atoms with van der Waals surface area (Å²) in [7, 11) is 4.17. The molecule has 0 aliphatic carbocycles. The maximum Gasteiger partial charge on any atom is 0.407 e. The van der Waals surface area contributed by atoms with Gasteiger partial charge in [-0.15, -0.1) is 0 Å². The molecule has 45 heavy (non-hydrogen) atoms. The van der Waals surface area contributed by atoms with Crippen LogP contribution in [0.3, 0.4) is 0 Å². The van der Waals surface area contributed by atoms with E-state index in [0.717, 1.165) is 56.0 Å². The Kier molecular flexibility index (Phi) is 8.10. The number of H-pyrrole nitrogens is 2. The van der Waals surface area contributed by atoms with E-state index in [1.165, 1.54) is 22.0 Å². The molecule has 1 amide bonds. The number of aromatic amines is 2. The summed E-state index contributed by atoms with van der Waals surface area (Å²) in [6.45, 7) is 2.09. The van der Waals surface area contributed by atoms with Gasteiger partial charge < -0.3 is 29.7 Å². The maximum atomic E-state index is 12.6. The maximum absolute atomic E-state index is 12.6. The molecule has 0 spiro atoms. The number of likely N-dealkylation sites (N-methyl/N-ethyl adjacent to an activating group) is 1. The largest absolute Gasteiger partial charge is 0.459 e. The lowest BCUT2D eigenvalue weighted by atomic mass is 9.72. The third-order valence-corrected chi connectivity index (χ3v) is 9.88. The Labute approximate surface area is 262 Å². The highest BCUT2D eigenvalue weighted by Crippen LogP contribution is 2.42. The van der Waals surface area contributed by atoms with E-state index in [1.54, 1.807) is 6.20 Å². The van der Waals surface area contributed by atoms with E-state index in [9.17, 15) is 14.4 Å². The van der Waals surface area contributed by atoms with Crippen LogP contribution in [0.2, 0.25) is 0 Å². The molecule has 7 heterocycles. The first-order chi connectivity index (χ1) is 21.8. The zero-order chi connectivity index (χ0) is 31.1. The van der Waals surface area contributed by atoms with Crippen molar-refractivity contribution in [1.29, 1.82) is 0 Å². The quantitative estimate of drug-likeness (QED) is 0.264. The van der Waals surface area contributed by atoms with Crippen LogP contribution in [0.5, 0.6) is 0 Å². The first-order valence-electron chi connectivity index (χ1n) is 16.0. The summed E-state index contributed by atoms with van der Waals surface area (Å²) in [5.74, 6) is 0.403. The van der Waals surface area contributed by atoms with Crippen LogP contribution in [-0.2, 0) is 27.1 Å². The number of hydrogen-bond donors (Lipinski definition) is 3. The van der Waals surface area contributed by atoms with Gasteiger partial charge in [-0.05, 0) is 69.1 Å². The fourth-order valence-corrected chi connectivity index (χ4v) is 7.59. The number of hydrogen-bond acceptors (Lipinski definition) is 7. The van der Waals surface area contributed by atoms with Crippen molar-refractivity contribution in [1.82, 2.24) is 25.1 Å². The second kappa shape index (κ2) is 12.3. The zero-order valence-corrected chi connectivity index (χ0v) is 25.9. The number of Topliss-reactive ketones (excluding diaryl/α,β-unsaturated/α-hetero) is 1. The summed E-state index contributed by atoms with van der Waals surface area (Å²) >= 11 is 0. The fourth-order valence-electron chi connectivity index (χ4n) is 7.59. The van der Waals surface area contributed by atoms with Crippen LogP contribution in [0.15, 0.2) is 54.9 Å². The first-order valence-corrected chi connectivity index (χ1v) is 16.0. The predicted octanol–water partition coefficient (Wildman–Crippen LogP) is 4.44. The molecule has 10 heteroatoms. The fraction of sp³-hybridized carbons (Fsp3) is 0.457. The number of carbonyl (C=O) groups excluding carboxylic acids is 3. The van der Waals surface area contributed by atoms with Gasteiger partial charge in [0.15, 0.2) is 0 Å². The lowest BCUT2D eigenvalue weighted by Gasteiger charge is -2.54. The van der Waals surface area contributed by atoms with Gasteiger partial charge in [-0.2, -0.15) is 0 Å². The molecule has 4 bridgehead atoms. The lowest BCUT2D eigenvalue weighted by molar-refractivity contribution is -0.145. The monoisotopic (exact) mass is 611 g/mol. The molecule has 6 atom stereocenters. The van der Waals surface area contributed by atoms with E-state index in [4.69, 9.17) is 9.47 Å². The second-order valence-corrected chi connectivity index (χ2v) is 13.3. The molecular weight excluding hydrogens is 570 g/mol. The van der Waals surface area contributed by atoms with Gasteiger partial charge in [0.25, 0.3) is 0 Å². The minimum Gasteiger partial charge on any atom is -0.459 e. The third kappa shape index (κ3) is 6.21. The second-order valence-electron chi connectivity index (χ2n) is 13.3. The number of piperidine rings is 4. The van der Waals surface area contributed by atoms with E-state index in [1.807, 2.05) is 24.3 Å². The molecule has 5 aliphatic rings. The number of rotatable bonds is 7. The van der Waals surface area contributed by atoms with Crippen LogP contribution >= 0.6 is 0 Å². The molecule has 9 rings (SSSR count). The molecule has 3 N–H and O–H groups in total. The molecule has 236 valence electrons. The summed E-state index contributed by atoms with van der Waals surface area (Å²) in [4.78, 5) is 46.6. The van der Waals surface area contributed by atoms with Gasteiger partial charge in [0.2, 0.25) is 0 Å². The number of alkyl carbamates (subject to hydrolysis) is 1. The van der Waals surface area contributed by atoms with Gasteiger partial charge in [-0.1, -0.05) is 24.3 Å². The zero-order valence-electron chi connectivity index (χ0n) is 25.9. The molecule has 4 aromatic rings. The van der Waals surface area contributed by atoms with Crippen LogP contribution in [0.4, 0.5) is 4.79 Å². The molecule has 2 aromatic carbocycles. The number of benzene rings is 2. The number of fused-ring (bicyclic) bond motifs is 3. The summed E-state index contributed by atoms with van der Waals surface area (Å²) in [6.07, 6.45) is 8.91. The molecule has 0 saturated carbocycles. The van der Waals surface area contributed by atoms with Crippen molar-refractivity contribution in [2.45, 2.75) is 62.8 Å². The van der Waals surface area contributed by atoms with Gasteiger partial charge in [0.05, 0.1) is 18.2 Å². The molecular formula is C35H41N5O5. The number of amides is 1. The number of esters is 1. The molecule has 1 unspecified atom stereocenters. The lowest BCUT2D eigenvalue weighted by Crippen LogP contribution is -2.63. The van der Waals surface area contributed by atoms with Gasteiger partial charge in [0.1, 0.15) is 18.5 Å². The van der Waals surface area contributed by atoms with Crippen LogP contribution < -0.4 is 5.32 Å². The topological polar surface area (TPSA) is 120 Å². The first kappa shape index (κ1) is 29.6. The Hall–Kier alpha value is -4.15. The molecule has 10 nitrogen and oxygen atoms in total. The highest BCUT2D eigenvalue weighted by Gasteiger charge is 2.49. The SMILES string of the molecule is CN(C)CCc1c[nH]c2ccc(C[C@H]3COC(=O)N3)cc12.O=C(O[C@@H]1C[C@@H]2C[C@@H]3C[C@H](C1)N2CC3=O)c1c[nH]c2ccccc12. The predicted molar refractivity (Wildman–Crippen MR) is 171 cm³/mol. The van der Waals surface area contributed by atoms with Crippen LogP contribution in [0, 0.1) is 5.92 Å². The Morgan fingerprint density at radius 1 is 0.978 bits per heavy atom. The average molecular weight is 612 g/mol. The number of carbonyl (C=O) groups is 3. The van der Waals surface area contributed by atoms with Crippen LogP contribution in [-0.4, -0.2) is 95.6 Å². The summed E-state index contributed by atoms with van der Waals surface area (Å²) in [5, 5.41) is 5.01. The minimum atomic E-state index is -0.311. The smallest absolute Gasteiger partial charge is 0.407 e. The Morgan fingerprint density at radius 3 is 2.47 bits per heavy atom. The number of ether oxygens (including phenoxy) is 2. The average Bonchev–Trinajstić information content (AvgIpc) is 3.74. The number of nitrogens with one attached hydrogen (secondary N) is 3. The number of para-hydroxylation sites is 1. The van der Waals surface area contributed by atoms with E-state index in [-0.39, 0.29) is 30.1 Å². The summed E-state index contributed by atoms with van der Waals surface area (Å²) in [6, 6.07) is 15.1. The van der Waals surface area contributed by atoms with Crippen molar-refractivity contribution < 1.29 is 23.9 Å². The highest BCUT2D eigenvalue weighted by molar-refractivity contribution is 6.04. The number of ketones is 1. The number of cyclic esters (lactones) is 1. The van der Waals surface area contributed by atoms with Crippen molar-refractivity contribution in [3.63, 3.8) is 0 Å². The number of nitrogens with zero attached hydrogens (tertiary/aromatic N) is 2. The van der Waals surface area contributed by atoms with Crippen molar-refractivity contribution >= 4 is 39.7 Å². The molecule has 5 fully saturated rings. The van der Waals surface area contributed by atoms with Gasteiger partial charge in [-0.25, -0.2) is 9.59 Å². The summed E-state index contributed by atoms with van der Waals surface area (Å²) < 4.78 is 10.8. The molecule has 0 radical (unpaired) electrons. The number of aromatic nitrogens is 2. The van der Waals surface area contributed by atoms with Gasteiger partial charge in [-0.3, -0.25) is 9.69 Å². The van der Waals surface area contributed by atoms with E-state index in [2.05, 4.69) is 63.6 Å². The Bertz CT molecular complexity index is 1710. The van der Waals surface area contributed by atoms with Gasteiger partial charge in [0, 0.05) is 71.6 Å². The van der Waals surface area contributed by atoms with E-state index in [0.29, 0.717) is 36.6 Å². The van der Waals surface area contributed by atoms with Crippen molar-refractivity contribution in [3.05, 3.63) is 71.5 Å². The highest BCUT2D eigenvalue weighted by atomic mass is 16.6. The van der Waals surface area contributed by atoms with E-state index >= 15 is 0 Å². The molecule has 5 aliphatic heterocycles. The molecule has 5 saturated heterocycles. The third-order valence-electron chi connectivity index (χ3n) is 9.88. The van der Waals surface area contributed by atoms with Gasteiger partial charge >= 0.3 is 12.1 Å². The standard InChI is InChI=1S/C19H20N2O3.C16H21N3O2/c22-18-10-21-12-5-11(18)6-13(21)8-14(7-12)24-19(23)16-9-20-17-4-2-1-3-15(16)17;1-19(2)6-5-12-9-17-15-4-3-11(8-14(12)15)7-13-10-21-16(20)18-13/h1-4,9,11-14,20H,5-8,10H2;3-4,8-9,13,17H,5-7,10H2,1-2H3,(H,18,20)/t11-,12+,13-,14-;13-/m.0/s1. The molecule has 2 aromatic heterocycles. The van der Waals surface area contributed by atoms with Crippen LogP contribution in [0.25, 0.3) is 21.8 Å². The normalized spacial score (nSPS) is 26.9. The van der Waals surface area contributed by atoms with Crippen molar-refractivity contribution in [3.8, 4) is 0 Å².